The average molecular weight is 492 g/mol. The minimum absolute atomic E-state index is 0.0480. The molecule has 7 nitrogen and oxygen atoms in total. The van der Waals surface area contributed by atoms with Crippen LogP contribution < -0.4 is 5.32 Å². The van der Waals surface area contributed by atoms with Gasteiger partial charge in [0.2, 0.25) is 11.9 Å². The van der Waals surface area contributed by atoms with E-state index in [0.29, 0.717) is 10.8 Å². The van der Waals surface area contributed by atoms with E-state index in [9.17, 15) is 9.59 Å². The van der Waals surface area contributed by atoms with Crippen LogP contribution >= 0.6 is 27.3 Å². The molecule has 0 unspecified atom stereocenters. The van der Waals surface area contributed by atoms with Crippen molar-refractivity contribution in [1.82, 2.24) is 19.4 Å². The zero-order chi connectivity index (χ0) is 21.7. The van der Waals surface area contributed by atoms with Gasteiger partial charge in [-0.2, -0.15) is 0 Å². The molecule has 9 heteroatoms. The van der Waals surface area contributed by atoms with E-state index in [1.807, 2.05) is 34.9 Å². The third-order valence-corrected chi connectivity index (χ3v) is 6.56. The van der Waals surface area contributed by atoms with E-state index < -0.39 is 0 Å². The van der Waals surface area contributed by atoms with Crippen molar-refractivity contribution in [2.75, 3.05) is 38.5 Å². The third-order valence-electron chi connectivity index (χ3n) is 4.95. The lowest BCUT2D eigenvalue weighted by Gasteiger charge is -2.20. The molecular weight excluding hydrogens is 466 g/mol. The molecule has 2 amide bonds. The standard InChI is InChI=1S/C21H26BrN5O2S/c1-4-26(5-2)12-13-27-16-9-7-6-8-15(16)23-21(27)24-19(28)14-25(3)20(29)17-10-11-18(22)30-17/h6-11H,4-5,12-14H2,1-3H3,(H,23,24,28). The second kappa shape index (κ2) is 10.2. The summed E-state index contributed by atoms with van der Waals surface area (Å²) < 4.78 is 2.91. The first kappa shape index (κ1) is 22.5. The Morgan fingerprint density at radius 2 is 1.90 bits per heavy atom. The van der Waals surface area contributed by atoms with Crippen LogP contribution in [0, 0.1) is 0 Å². The summed E-state index contributed by atoms with van der Waals surface area (Å²) in [7, 11) is 1.62. The van der Waals surface area contributed by atoms with Gasteiger partial charge in [-0.25, -0.2) is 4.98 Å². The smallest absolute Gasteiger partial charge is 0.264 e. The first-order valence-electron chi connectivity index (χ1n) is 9.91. The molecule has 1 N–H and O–H groups in total. The summed E-state index contributed by atoms with van der Waals surface area (Å²) >= 11 is 4.71. The molecule has 0 aliphatic heterocycles. The number of imidazole rings is 1. The van der Waals surface area contributed by atoms with Crippen molar-refractivity contribution in [3.8, 4) is 0 Å². The number of anilines is 1. The lowest BCUT2D eigenvalue weighted by Crippen LogP contribution is -2.35. The summed E-state index contributed by atoms with van der Waals surface area (Å²) in [5, 5.41) is 2.90. The van der Waals surface area contributed by atoms with Crippen molar-refractivity contribution in [3.05, 3.63) is 45.1 Å². The van der Waals surface area contributed by atoms with Gasteiger partial charge in [0.25, 0.3) is 5.91 Å². The molecule has 0 spiro atoms. The monoisotopic (exact) mass is 491 g/mol. The summed E-state index contributed by atoms with van der Waals surface area (Å²) in [6, 6.07) is 11.4. The maximum Gasteiger partial charge on any atom is 0.264 e. The number of nitrogens with one attached hydrogen (secondary N) is 1. The third kappa shape index (κ3) is 5.27. The number of likely N-dealkylation sites (N-methyl/N-ethyl adjacent to an activating group) is 2. The zero-order valence-electron chi connectivity index (χ0n) is 17.4. The second-order valence-electron chi connectivity index (χ2n) is 6.92. The van der Waals surface area contributed by atoms with Crippen LogP contribution in [0.25, 0.3) is 11.0 Å². The zero-order valence-corrected chi connectivity index (χ0v) is 19.8. The van der Waals surface area contributed by atoms with Crippen LogP contribution in [-0.4, -0.2) is 64.4 Å². The Morgan fingerprint density at radius 3 is 2.57 bits per heavy atom. The number of thiophene rings is 1. The highest BCUT2D eigenvalue weighted by molar-refractivity contribution is 9.11. The Kier molecular flexibility index (Phi) is 7.63. The van der Waals surface area contributed by atoms with E-state index in [-0.39, 0.29) is 18.4 Å². The van der Waals surface area contributed by atoms with Gasteiger partial charge < -0.3 is 14.4 Å². The number of nitrogens with zero attached hydrogens (tertiary/aromatic N) is 4. The maximum atomic E-state index is 12.7. The van der Waals surface area contributed by atoms with E-state index >= 15 is 0 Å². The number of fused-ring (bicyclic) bond motifs is 1. The minimum Gasteiger partial charge on any atom is -0.332 e. The molecule has 0 bridgehead atoms. The molecule has 160 valence electrons. The predicted molar refractivity (Wildman–Crippen MR) is 125 cm³/mol. The predicted octanol–water partition coefficient (Wildman–Crippen LogP) is 3.91. The number of carbonyl (C=O) groups excluding carboxylic acids is 2. The summed E-state index contributed by atoms with van der Waals surface area (Å²) in [4.78, 5) is 34.1. The topological polar surface area (TPSA) is 70.5 Å². The molecule has 0 aliphatic rings. The van der Waals surface area contributed by atoms with Crippen LogP contribution in [-0.2, 0) is 11.3 Å². The molecule has 0 aliphatic carbocycles. The van der Waals surface area contributed by atoms with E-state index in [0.717, 1.165) is 41.0 Å². The molecule has 0 fully saturated rings. The molecule has 0 saturated heterocycles. The number of carbonyl (C=O) groups is 2. The molecule has 3 aromatic rings. The Bertz CT molecular complexity index is 1030. The lowest BCUT2D eigenvalue weighted by atomic mass is 10.3. The van der Waals surface area contributed by atoms with E-state index in [1.165, 1.54) is 16.2 Å². The van der Waals surface area contributed by atoms with Crippen LogP contribution in [0.5, 0.6) is 0 Å². The van der Waals surface area contributed by atoms with Gasteiger partial charge in [-0.1, -0.05) is 26.0 Å². The van der Waals surface area contributed by atoms with Gasteiger partial charge in [-0.15, -0.1) is 11.3 Å². The highest BCUT2D eigenvalue weighted by Gasteiger charge is 2.19. The number of rotatable bonds is 9. The fourth-order valence-electron chi connectivity index (χ4n) is 3.25. The fourth-order valence-corrected chi connectivity index (χ4v) is 4.63. The van der Waals surface area contributed by atoms with Crippen molar-refractivity contribution < 1.29 is 9.59 Å². The van der Waals surface area contributed by atoms with E-state index in [1.54, 1.807) is 13.1 Å². The van der Waals surface area contributed by atoms with Crippen LogP contribution in [0.4, 0.5) is 5.95 Å². The van der Waals surface area contributed by atoms with Crippen molar-refractivity contribution >= 4 is 56.1 Å². The summed E-state index contributed by atoms with van der Waals surface area (Å²) in [6.07, 6.45) is 0. The number of aromatic nitrogens is 2. The van der Waals surface area contributed by atoms with Gasteiger partial charge in [0, 0.05) is 20.1 Å². The first-order chi connectivity index (χ1) is 14.4. The number of benzene rings is 1. The average Bonchev–Trinajstić information content (AvgIpc) is 3.31. The molecule has 2 aromatic heterocycles. The summed E-state index contributed by atoms with van der Waals surface area (Å²) in [6.45, 7) is 7.74. The van der Waals surface area contributed by atoms with Crippen molar-refractivity contribution in [2.24, 2.45) is 0 Å². The van der Waals surface area contributed by atoms with Crippen LogP contribution in [0.15, 0.2) is 40.2 Å². The number of para-hydroxylation sites is 2. The molecular formula is C21H26BrN5O2S. The first-order valence-corrected chi connectivity index (χ1v) is 11.5. The van der Waals surface area contributed by atoms with Gasteiger partial charge >= 0.3 is 0 Å². The molecule has 0 radical (unpaired) electrons. The number of amides is 2. The molecule has 2 heterocycles. The maximum absolute atomic E-state index is 12.7. The summed E-state index contributed by atoms with van der Waals surface area (Å²) in [5.41, 5.74) is 1.81. The SMILES string of the molecule is CCN(CC)CCn1c(NC(=O)CN(C)C(=O)c2ccc(Br)s2)nc2ccccc21. The Hall–Kier alpha value is -2.23. The lowest BCUT2D eigenvalue weighted by molar-refractivity contribution is -0.116. The number of hydrogen-bond acceptors (Lipinski definition) is 5. The van der Waals surface area contributed by atoms with Gasteiger partial charge in [0.05, 0.1) is 26.2 Å². The summed E-state index contributed by atoms with van der Waals surface area (Å²) in [5.74, 6) is 0.0461. The Labute approximate surface area is 188 Å². The van der Waals surface area contributed by atoms with Gasteiger partial charge in [-0.05, 0) is 53.3 Å². The van der Waals surface area contributed by atoms with Crippen LogP contribution in [0.3, 0.4) is 0 Å². The fraction of sp³-hybridized carbons (Fsp3) is 0.381. The molecule has 1 aromatic carbocycles. The highest BCUT2D eigenvalue weighted by atomic mass is 79.9. The highest BCUT2D eigenvalue weighted by Crippen LogP contribution is 2.23. The van der Waals surface area contributed by atoms with Crippen molar-refractivity contribution in [1.29, 1.82) is 0 Å². The van der Waals surface area contributed by atoms with Crippen molar-refractivity contribution in [2.45, 2.75) is 20.4 Å². The minimum atomic E-state index is -0.277. The molecule has 30 heavy (non-hydrogen) atoms. The molecule has 0 atom stereocenters. The number of hydrogen-bond donors (Lipinski definition) is 1. The molecule has 0 saturated carbocycles. The second-order valence-corrected chi connectivity index (χ2v) is 9.38. The Balaban J connectivity index is 1.73. The normalized spacial score (nSPS) is 11.2. The van der Waals surface area contributed by atoms with E-state index in [4.69, 9.17) is 0 Å². The largest absolute Gasteiger partial charge is 0.332 e. The van der Waals surface area contributed by atoms with Gasteiger partial charge in [0.1, 0.15) is 0 Å². The Morgan fingerprint density at radius 1 is 1.17 bits per heavy atom. The van der Waals surface area contributed by atoms with Crippen LogP contribution in [0.1, 0.15) is 23.5 Å². The quantitative estimate of drug-likeness (QED) is 0.492. The van der Waals surface area contributed by atoms with Gasteiger partial charge in [-0.3, -0.25) is 14.9 Å². The number of halogens is 1. The van der Waals surface area contributed by atoms with Gasteiger partial charge in [0.15, 0.2) is 0 Å². The van der Waals surface area contributed by atoms with E-state index in [2.05, 4.69) is 45.0 Å². The van der Waals surface area contributed by atoms with Crippen molar-refractivity contribution in [3.63, 3.8) is 0 Å². The van der Waals surface area contributed by atoms with Crippen LogP contribution in [0.2, 0.25) is 0 Å². The molecule has 3 rings (SSSR count).